The monoisotopic (exact) mass is 326 g/mol. The number of benzene rings is 1. The Hall–Kier alpha value is -1.77. The van der Waals surface area contributed by atoms with E-state index in [4.69, 9.17) is 0 Å². The minimum absolute atomic E-state index is 0.203. The number of aromatic nitrogens is 1. The van der Waals surface area contributed by atoms with E-state index in [9.17, 15) is 4.79 Å². The van der Waals surface area contributed by atoms with Crippen molar-refractivity contribution in [2.24, 2.45) is 11.8 Å². The van der Waals surface area contributed by atoms with E-state index in [0.717, 1.165) is 19.4 Å². The summed E-state index contributed by atoms with van der Waals surface area (Å²) in [6.45, 7) is 7.71. The molecular formula is C21H30N2O. The Kier molecular flexibility index (Phi) is 5.27. The Morgan fingerprint density at radius 2 is 2.04 bits per heavy atom. The van der Waals surface area contributed by atoms with Crippen molar-refractivity contribution in [3.63, 3.8) is 0 Å². The molecular weight excluding hydrogens is 296 g/mol. The highest BCUT2D eigenvalue weighted by Crippen LogP contribution is 2.29. The van der Waals surface area contributed by atoms with Crippen molar-refractivity contribution in [1.29, 1.82) is 0 Å². The molecule has 1 aliphatic carbocycles. The van der Waals surface area contributed by atoms with Gasteiger partial charge in [0, 0.05) is 36.1 Å². The molecule has 3 nitrogen and oxygen atoms in total. The lowest BCUT2D eigenvalue weighted by Gasteiger charge is -2.34. The zero-order valence-corrected chi connectivity index (χ0v) is 15.2. The number of aryl methyl sites for hydroxylation is 2. The Morgan fingerprint density at radius 3 is 2.83 bits per heavy atom. The number of nitrogens with zero attached hydrogens (tertiary/aromatic N) is 1. The molecule has 3 heteroatoms. The van der Waals surface area contributed by atoms with Gasteiger partial charge in [0.2, 0.25) is 5.91 Å². The number of rotatable bonds is 5. The van der Waals surface area contributed by atoms with Gasteiger partial charge in [-0.05, 0) is 43.2 Å². The van der Waals surface area contributed by atoms with E-state index in [-0.39, 0.29) is 5.91 Å². The van der Waals surface area contributed by atoms with Crippen molar-refractivity contribution < 1.29 is 4.79 Å². The first-order valence-corrected chi connectivity index (χ1v) is 9.46. The third-order valence-corrected chi connectivity index (χ3v) is 5.89. The molecule has 1 heterocycles. The van der Waals surface area contributed by atoms with Gasteiger partial charge >= 0.3 is 0 Å². The molecule has 1 amide bonds. The standard InChI is InChI=1S/C21H30N2O/c1-4-23-14-17(18-9-5-6-11-20(18)23)12-13-21(24)22-19-10-7-8-15(2)16(19)3/h5-6,9,11,14-16,19H,4,7-8,10,12-13H2,1-3H3,(H,22,24)/t15-,16+,19+/m0/s1. The van der Waals surface area contributed by atoms with Crippen molar-refractivity contribution in [2.75, 3.05) is 0 Å². The predicted molar refractivity (Wildman–Crippen MR) is 100 cm³/mol. The fourth-order valence-corrected chi connectivity index (χ4v) is 4.10. The minimum atomic E-state index is 0.203. The van der Waals surface area contributed by atoms with E-state index in [2.05, 4.69) is 61.1 Å². The van der Waals surface area contributed by atoms with Crippen LogP contribution in [-0.4, -0.2) is 16.5 Å². The minimum Gasteiger partial charge on any atom is -0.353 e. The van der Waals surface area contributed by atoms with E-state index in [1.807, 2.05) is 0 Å². The van der Waals surface area contributed by atoms with Crippen LogP contribution in [0.15, 0.2) is 30.5 Å². The molecule has 0 bridgehead atoms. The van der Waals surface area contributed by atoms with Gasteiger partial charge in [0.1, 0.15) is 0 Å². The summed E-state index contributed by atoms with van der Waals surface area (Å²) >= 11 is 0. The first-order valence-electron chi connectivity index (χ1n) is 9.46. The molecule has 1 N–H and O–H groups in total. The summed E-state index contributed by atoms with van der Waals surface area (Å²) in [5.41, 5.74) is 2.55. The van der Waals surface area contributed by atoms with Gasteiger partial charge in [-0.1, -0.05) is 44.9 Å². The summed E-state index contributed by atoms with van der Waals surface area (Å²) in [4.78, 5) is 12.4. The van der Waals surface area contributed by atoms with Crippen LogP contribution in [-0.2, 0) is 17.8 Å². The molecule has 3 atom stereocenters. The molecule has 1 aromatic carbocycles. The maximum atomic E-state index is 12.4. The van der Waals surface area contributed by atoms with Gasteiger partial charge in [-0.2, -0.15) is 0 Å². The number of carbonyl (C=O) groups excluding carboxylic acids is 1. The number of hydrogen-bond donors (Lipinski definition) is 1. The maximum Gasteiger partial charge on any atom is 0.220 e. The summed E-state index contributed by atoms with van der Waals surface area (Å²) in [5, 5.41) is 4.58. The molecule has 0 saturated heterocycles. The number of amides is 1. The third kappa shape index (κ3) is 3.50. The Labute approximate surface area is 145 Å². The van der Waals surface area contributed by atoms with Gasteiger partial charge in [-0.3, -0.25) is 4.79 Å². The molecule has 0 spiro atoms. The van der Waals surface area contributed by atoms with E-state index in [0.29, 0.717) is 24.3 Å². The van der Waals surface area contributed by atoms with E-state index in [1.54, 1.807) is 0 Å². The molecule has 0 radical (unpaired) electrons. The van der Waals surface area contributed by atoms with E-state index >= 15 is 0 Å². The number of fused-ring (bicyclic) bond motifs is 1. The van der Waals surface area contributed by atoms with Gasteiger partial charge in [0.05, 0.1) is 0 Å². The van der Waals surface area contributed by atoms with Crippen molar-refractivity contribution in [3.8, 4) is 0 Å². The highest BCUT2D eigenvalue weighted by atomic mass is 16.1. The predicted octanol–water partition coefficient (Wildman–Crippen LogP) is 4.53. The molecule has 3 rings (SSSR count). The average molecular weight is 326 g/mol. The van der Waals surface area contributed by atoms with Gasteiger partial charge in [0.25, 0.3) is 0 Å². The molecule has 1 saturated carbocycles. The van der Waals surface area contributed by atoms with Crippen LogP contribution in [0.3, 0.4) is 0 Å². The molecule has 1 aromatic heterocycles. The molecule has 0 aliphatic heterocycles. The summed E-state index contributed by atoms with van der Waals surface area (Å²) in [6, 6.07) is 8.85. The van der Waals surface area contributed by atoms with E-state index < -0.39 is 0 Å². The second-order valence-electron chi connectivity index (χ2n) is 7.40. The zero-order chi connectivity index (χ0) is 17.1. The molecule has 24 heavy (non-hydrogen) atoms. The molecule has 130 valence electrons. The van der Waals surface area contributed by atoms with Gasteiger partial charge in [0.15, 0.2) is 0 Å². The molecule has 0 unspecified atom stereocenters. The largest absolute Gasteiger partial charge is 0.353 e. The van der Waals surface area contributed by atoms with Crippen molar-refractivity contribution in [2.45, 2.75) is 65.5 Å². The third-order valence-electron chi connectivity index (χ3n) is 5.89. The molecule has 1 aliphatic rings. The highest BCUT2D eigenvalue weighted by Gasteiger charge is 2.27. The van der Waals surface area contributed by atoms with Crippen LogP contribution in [0.25, 0.3) is 10.9 Å². The fourth-order valence-electron chi connectivity index (χ4n) is 4.10. The van der Waals surface area contributed by atoms with Gasteiger partial charge < -0.3 is 9.88 Å². The zero-order valence-electron chi connectivity index (χ0n) is 15.2. The second-order valence-corrected chi connectivity index (χ2v) is 7.40. The summed E-state index contributed by atoms with van der Waals surface area (Å²) in [5.74, 6) is 1.51. The van der Waals surface area contributed by atoms with Gasteiger partial charge in [-0.15, -0.1) is 0 Å². The van der Waals surface area contributed by atoms with Crippen LogP contribution in [0.4, 0.5) is 0 Å². The van der Waals surface area contributed by atoms with Crippen LogP contribution in [0, 0.1) is 11.8 Å². The molecule has 2 aromatic rings. The SMILES string of the molecule is CCn1cc(CCC(=O)N[C@@H]2CCC[C@H](C)[C@H]2C)c2ccccc21. The quantitative estimate of drug-likeness (QED) is 0.860. The van der Waals surface area contributed by atoms with Gasteiger partial charge in [-0.25, -0.2) is 0 Å². The highest BCUT2D eigenvalue weighted by molar-refractivity contribution is 5.85. The number of para-hydroxylation sites is 1. The van der Waals surface area contributed by atoms with Crippen LogP contribution in [0.2, 0.25) is 0 Å². The van der Waals surface area contributed by atoms with Crippen molar-refractivity contribution in [3.05, 3.63) is 36.0 Å². The Bertz CT molecular complexity index is 703. The van der Waals surface area contributed by atoms with Crippen LogP contribution in [0.5, 0.6) is 0 Å². The summed E-state index contributed by atoms with van der Waals surface area (Å²) in [7, 11) is 0. The first kappa shape index (κ1) is 17.1. The first-order chi connectivity index (χ1) is 11.6. The van der Waals surface area contributed by atoms with Crippen LogP contribution < -0.4 is 5.32 Å². The van der Waals surface area contributed by atoms with E-state index in [1.165, 1.54) is 29.3 Å². The topological polar surface area (TPSA) is 34.0 Å². The Morgan fingerprint density at radius 1 is 1.25 bits per heavy atom. The molecule has 1 fully saturated rings. The summed E-state index contributed by atoms with van der Waals surface area (Å²) in [6.07, 6.45) is 7.27. The summed E-state index contributed by atoms with van der Waals surface area (Å²) < 4.78 is 2.27. The smallest absolute Gasteiger partial charge is 0.220 e. The number of carbonyl (C=O) groups is 1. The number of hydrogen-bond acceptors (Lipinski definition) is 1. The number of nitrogens with one attached hydrogen (secondary N) is 1. The lowest BCUT2D eigenvalue weighted by molar-refractivity contribution is -0.122. The maximum absolute atomic E-state index is 12.4. The lowest BCUT2D eigenvalue weighted by Crippen LogP contribution is -2.43. The lowest BCUT2D eigenvalue weighted by atomic mass is 9.78. The van der Waals surface area contributed by atoms with Crippen molar-refractivity contribution in [1.82, 2.24) is 9.88 Å². The van der Waals surface area contributed by atoms with Crippen LogP contribution in [0.1, 0.15) is 52.0 Å². The normalized spacial score (nSPS) is 24.2. The second kappa shape index (κ2) is 7.42. The van der Waals surface area contributed by atoms with Crippen molar-refractivity contribution >= 4 is 16.8 Å². The average Bonchev–Trinajstić information content (AvgIpc) is 2.95. The van der Waals surface area contributed by atoms with Crippen LogP contribution >= 0.6 is 0 Å². The Balaban J connectivity index is 1.62. The fraction of sp³-hybridized carbons (Fsp3) is 0.571.